The molecule has 1 atom stereocenters. The van der Waals surface area contributed by atoms with Crippen LogP contribution >= 0.6 is 11.3 Å². The van der Waals surface area contributed by atoms with E-state index in [2.05, 4.69) is 0 Å². The zero-order valence-electron chi connectivity index (χ0n) is 15.4. The zero-order valence-corrected chi connectivity index (χ0v) is 16.2. The van der Waals surface area contributed by atoms with E-state index < -0.39 is 0 Å². The van der Waals surface area contributed by atoms with Crippen LogP contribution in [0.1, 0.15) is 39.9 Å². The molecule has 2 aromatic rings. The van der Waals surface area contributed by atoms with Gasteiger partial charge in [0.2, 0.25) is 5.91 Å². The molecule has 2 amide bonds. The highest BCUT2D eigenvalue weighted by Gasteiger charge is 2.31. The highest BCUT2D eigenvalue weighted by atomic mass is 32.1. The maximum atomic E-state index is 12.7. The van der Waals surface area contributed by atoms with Crippen LogP contribution < -0.4 is 0 Å². The second-order valence-corrected chi connectivity index (χ2v) is 8.14. The van der Waals surface area contributed by atoms with Crippen LogP contribution in [0.25, 0.3) is 0 Å². The molecule has 4 heterocycles. The molecule has 0 radical (unpaired) electrons. The topological polar surface area (TPSA) is 54.8 Å². The second kappa shape index (κ2) is 8.27. The minimum absolute atomic E-state index is 0.0815. The molecule has 6 nitrogen and oxygen atoms in total. The molecule has 144 valence electrons. The lowest BCUT2D eigenvalue weighted by Crippen LogP contribution is -2.40. The van der Waals surface area contributed by atoms with Crippen molar-refractivity contribution in [2.24, 2.45) is 0 Å². The van der Waals surface area contributed by atoms with Crippen LogP contribution in [0, 0.1) is 0 Å². The molecule has 2 saturated heterocycles. The Morgan fingerprint density at radius 1 is 1.11 bits per heavy atom. The second-order valence-electron chi connectivity index (χ2n) is 7.02. The normalized spacial score (nSPS) is 20.2. The van der Waals surface area contributed by atoms with Gasteiger partial charge in [0.1, 0.15) is 0 Å². The van der Waals surface area contributed by atoms with Gasteiger partial charge in [0.15, 0.2) is 0 Å². The van der Waals surface area contributed by atoms with Crippen molar-refractivity contribution in [3.05, 3.63) is 46.4 Å². The Kier molecular flexibility index (Phi) is 5.59. The van der Waals surface area contributed by atoms with Crippen molar-refractivity contribution in [2.75, 3.05) is 32.8 Å². The van der Waals surface area contributed by atoms with E-state index in [9.17, 15) is 9.59 Å². The van der Waals surface area contributed by atoms with E-state index >= 15 is 0 Å². The van der Waals surface area contributed by atoms with Gasteiger partial charge in [-0.05, 0) is 37.1 Å². The Morgan fingerprint density at radius 2 is 1.89 bits per heavy atom. The van der Waals surface area contributed by atoms with E-state index in [-0.39, 0.29) is 17.9 Å². The van der Waals surface area contributed by atoms with Crippen LogP contribution in [0.15, 0.2) is 36.7 Å². The predicted molar refractivity (Wildman–Crippen MR) is 104 cm³/mol. The van der Waals surface area contributed by atoms with Gasteiger partial charge in [-0.25, -0.2) is 0 Å². The van der Waals surface area contributed by atoms with Crippen LogP contribution in [0.4, 0.5) is 0 Å². The summed E-state index contributed by atoms with van der Waals surface area (Å²) in [4.78, 5) is 31.2. The molecule has 2 aliphatic heterocycles. The van der Waals surface area contributed by atoms with Gasteiger partial charge < -0.3 is 19.1 Å². The van der Waals surface area contributed by atoms with Gasteiger partial charge in [0, 0.05) is 49.9 Å². The zero-order chi connectivity index (χ0) is 18.6. The number of hydrogen-bond donors (Lipinski definition) is 0. The third kappa shape index (κ3) is 4.09. The van der Waals surface area contributed by atoms with Gasteiger partial charge in [0.25, 0.3) is 5.91 Å². The van der Waals surface area contributed by atoms with E-state index in [0.717, 1.165) is 29.1 Å². The first kappa shape index (κ1) is 18.3. The Morgan fingerprint density at radius 3 is 2.67 bits per heavy atom. The first-order valence-electron chi connectivity index (χ1n) is 9.59. The maximum absolute atomic E-state index is 12.7. The molecule has 0 N–H and O–H groups in total. The van der Waals surface area contributed by atoms with Gasteiger partial charge in [-0.1, -0.05) is 0 Å². The number of carbonyl (C=O) groups is 2. The maximum Gasteiger partial charge on any atom is 0.264 e. The number of ether oxygens (including phenoxy) is 1. The van der Waals surface area contributed by atoms with Gasteiger partial charge >= 0.3 is 0 Å². The molecule has 1 unspecified atom stereocenters. The van der Waals surface area contributed by atoms with Crippen LogP contribution in [0.3, 0.4) is 0 Å². The summed E-state index contributed by atoms with van der Waals surface area (Å²) in [6, 6.07) is 8.00. The van der Waals surface area contributed by atoms with E-state index in [1.54, 1.807) is 0 Å². The fraction of sp³-hybridized carbons (Fsp3) is 0.500. The molecule has 2 aliphatic rings. The highest BCUT2D eigenvalue weighted by molar-refractivity contribution is 7.14. The van der Waals surface area contributed by atoms with Gasteiger partial charge in [-0.3, -0.25) is 9.59 Å². The first-order valence-corrected chi connectivity index (χ1v) is 10.4. The summed E-state index contributed by atoms with van der Waals surface area (Å²) < 4.78 is 7.36. The Balaban J connectivity index is 1.40. The van der Waals surface area contributed by atoms with Crippen molar-refractivity contribution in [3.8, 4) is 0 Å². The van der Waals surface area contributed by atoms with E-state index in [1.165, 1.54) is 11.3 Å². The van der Waals surface area contributed by atoms with Crippen molar-refractivity contribution in [1.29, 1.82) is 0 Å². The molecule has 0 aliphatic carbocycles. The average molecular weight is 388 g/mol. The van der Waals surface area contributed by atoms with Crippen LogP contribution in [0.2, 0.25) is 0 Å². The molecular formula is C20H25N3O3S. The number of amides is 2. The molecular weight excluding hydrogens is 362 g/mol. The largest absolute Gasteiger partial charge is 0.378 e. The number of carbonyl (C=O) groups excluding carboxylic acids is 2. The van der Waals surface area contributed by atoms with E-state index in [1.807, 2.05) is 51.0 Å². The van der Waals surface area contributed by atoms with E-state index in [0.29, 0.717) is 39.3 Å². The van der Waals surface area contributed by atoms with Crippen molar-refractivity contribution in [3.63, 3.8) is 0 Å². The lowest BCUT2D eigenvalue weighted by molar-refractivity contribution is -0.132. The number of likely N-dealkylation sites (tertiary alicyclic amines) is 1. The number of aryl methyl sites for hydroxylation is 1. The minimum Gasteiger partial charge on any atom is -0.378 e. The number of aromatic nitrogens is 1. The Hall–Kier alpha value is -2.12. The van der Waals surface area contributed by atoms with Gasteiger partial charge in [-0.15, -0.1) is 11.3 Å². The van der Waals surface area contributed by atoms with Crippen molar-refractivity contribution in [1.82, 2.24) is 14.4 Å². The fourth-order valence-electron chi connectivity index (χ4n) is 3.82. The molecule has 27 heavy (non-hydrogen) atoms. The van der Waals surface area contributed by atoms with Crippen LogP contribution in [0.5, 0.6) is 0 Å². The minimum atomic E-state index is 0.0815. The number of thiophene rings is 1. The SMILES string of the molecule is O=C(c1ccc(C2CCCN2C(=O)CCn2cccc2)s1)N1CCOCC1. The molecule has 0 bridgehead atoms. The lowest BCUT2D eigenvalue weighted by atomic mass is 10.2. The first-order chi connectivity index (χ1) is 13.2. The third-order valence-electron chi connectivity index (χ3n) is 5.29. The Labute approximate surface area is 163 Å². The standard InChI is InChI=1S/C20H25N3O3S/c24-19(7-11-21-8-1-2-9-21)23-10-3-4-16(23)17-5-6-18(27-17)20(25)22-12-14-26-15-13-22/h1-2,5-6,8-9,16H,3-4,7,10-15H2. The van der Waals surface area contributed by atoms with Gasteiger partial charge in [-0.2, -0.15) is 0 Å². The number of nitrogens with zero attached hydrogens (tertiary/aromatic N) is 3. The fourth-order valence-corrected chi connectivity index (χ4v) is 4.94. The monoisotopic (exact) mass is 387 g/mol. The van der Waals surface area contributed by atoms with Crippen molar-refractivity contribution < 1.29 is 14.3 Å². The molecule has 0 saturated carbocycles. The number of hydrogen-bond acceptors (Lipinski definition) is 4. The molecule has 0 aromatic carbocycles. The summed E-state index contributed by atoms with van der Waals surface area (Å²) >= 11 is 1.54. The smallest absolute Gasteiger partial charge is 0.264 e. The summed E-state index contributed by atoms with van der Waals surface area (Å²) in [5.41, 5.74) is 0. The third-order valence-corrected chi connectivity index (χ3v) is 6.46. The molecule has 7 heteroatoms. The van der Waals surface area contributed by atoms with Crippen LogP contribution in [-0.4, -0.2) is 59.0 Å². The Bertz CT molecular complexity index is 780. The summed E-state index contributed by atoms with van der Waals surface area (Å²) in [7, 11) is 0. The number of morpholine rings is 1. The quantitative estimate of drug-likeness (QED) is 0.793. The van der Waals surface area contributed by atoms with Crippen LogP contribution in [-0.2, 0) is 16.1 Å². The summed E-state index contributed by atoms with van der Waals surface area (Å²) in [5.74, 6) is 0.277. The van der Waals surface area contributed by atoms with Gasteiger partial charge in [0.05, 0.1) is 24.1 Å². The summed E-state index contributed by atoms with van der Waals surface area (Å²) in [6.45, 7) is 4.03. The summed E-state index contributed by atoms with van der Waals surface area (Å²) in [5, 5.41) is 0. The van der Waals surface area contributed by atoms with E-state index in [4.69, 9.17) is 4.74 Å². The average Bonchev–Trinajstić information content (AvgIpc) is 3.47. The predicted octanol–water partition coefficient (Wildman–Crippen LogP) is 2.78. The molecule has 4 rings (SSSR count). The molecule has 0 spiro atoms. The summed E-state index contributed by atoms with van der Waals surface area (Å²) in [6.07, 6.45) is 6.47. The highest BCUT2D eigenvalue weighted by Crippen LogP contribution is 2.36. The molecule has 2 fully saturated rings. The van der Waals surface area contributed by atoms with Crippen molar-refractivity contribution in [2.45, 2.75) is 31.8 Å². The molecule has 2 aromatic heterocycles. The number of rotatable bonds is 5. The lowest BCUT2D eigenvalue weighted by Gasteiger charge is -2.26. The van der Waals surface area contributed by atoms with Crippen molar-refractivity contribution >= 4 is 23.2 Å².